The molecule has 1 aliphatic heterocycles. The van der Waals surface area contributed by atoms with Crippen LogP contribution < -0.4 is 4.90 Å². The maximum Gasteiger partial charge on any atom is 0.248 e. The van der Waals surface area contributed by atoms with E-state index in [2.05, 4.69) is 82.3 Å². The van der Waals surface area contributed by atoms with Crippen LogP contribution in [0.25, 0.3) is 22.3 Å². The molecule has 0 saturated heterocycles. The normalized spacial score (nSPS) is 13.3. The van der Waals surface area contributed by atoms with Crippen LogP contribution in [-0.2, 0) is 4.79 Å². The lowest BCUT2D eigenvalue weighted by Gasteiger charge is -2.22. The van der Waals surface area contributed by atoms with Crippen molar-refractivity contribution in [1.82, 2.24) is 0 Å². The van der Waals surface area contributed by atoms with Gasteiger partial charge in [-0.05, 0) is 79.3 Å². The number of aliphatic imine (C=N–C) groups is 1. The number of nitrogens with zero attached hydrogens (tertiary/aromatic N) is 2. The molecule has 0 aliphatic carbocycles. The molecule has 0 atom stereocenters. The minimum absolute atomic E-state index is 0.0499. The molecule has 0 saturated carbocycles. The quantitative estimate of drug-likeness (QED) is 0.288. The number of carbonyl (C=O) groups excluding carboxylic acids is 1. The van der Waals surface area contributed by atoms with Crippen LogP contribution in [0.5, 0.6) is 0 Å². The van der Waals surface area contributed by atoms with Crippen LogP contribution in [0, 0.1) is 27.7 Å². The Bertz CT molecular complexity index is 1510. The summed E-state index contributed by atoms with van der Waals surface area (Å²) >= 11 is 6.51. The number of benzene rings is 4. The van der Waals surface area contributed by atoms with Crippen molar-refractivity contribution in [2.24, 2.45) is 4.99 Å². The third-order valence-corrected chi connectivity index (χ3v) is 7.14. The number of anilines is 1. The number of hydrogen-bond donors (Lipinski definition) is 0. The van der Waals surface area contributed by atoms with E-state index >= 15 is 0 Å². The SMILES string of the molecule is Cc1cc(C)cc(-c2cccc(-c3c(C)cccc3C)c2C2=NCC(=O)N(C)c3ccc(Cl)cc32)c1. The topological polar surface area (TPSA) is 32.7 Å². The summed E-state index contributed by atoms with van der Waals surface area (Å²) in [5, 5.41) is 0.613. The van der Waals surface area contributed by atoms with Gasteiger partial charge in [-0.25, -0.2) is 0 Å². The molecule has 0 N–H and O–H groups in total. The van der Waals surface area contributed by atoms with Crippen molar-refractivity contribution >= 4 is 28.9 Å². The fourth-order valence-electron chi connectivity index (χ4n) is 5.30. The minimum Gasteiger partial charge on any atom is -0.313 e. The van der Waals surface area contributed by atoms with Crippen LogP contribution in [0.3, 0.4) is 0 Å². The van der Waals surface area contributed by atoms with Crippen LogP contribution in [0.1, 0.15) is 33.4 Å². The first kappa shape index (κ1) is 24.0. The Balaban J connectivity index is 1.92. The number of hydrogen-bond acceptors (Lipinski definition) is 2. The summed E-state index contributed by atoms with van der Waals surface area (Å²) < 4.78 is 0. The van der Waals surface area contributed by atoms with Gasteiger partial charge in [0.2, 0.25) is 5.91 Å². The number of aryl methyl sites for hydroxylation is 4. The van der Waals surface area contributed by atoms with Crippen molar-refractivity contribution in [3.8, 4) is 22.3 Å². The molecule has 0 fully saturated rings. The molecule has 0 radical (unpaired) electrons. The van der Waals surface area contributed by atoms with Gasteiger partial charge < -0.3 is 4.90 Å². The summed E-state index contributed by atoms with van der Waals surface area (Å²) in [5.74, 6) is -0.0499. The van der Waals surface area contributed by atoms with Gasteiger partial charge in [0.1, 0.15) is 6.54 Å². The third-order valence-electron chi connectivity index (χ3n) is 6.91. The van der Waals surface area contributed by atoms with Gasteiger partial charge in [-0.15, -0.1) is 0 Å². The summed E-state index contributed by atoms with van der Waals surface area (Å²) in [4.78, 5) is 19.6. The van der Waals surface area contributed by atoms with Gasteiger partial charge in [0, 0.05) is 23.2 Å². The van der Waals surface area contributed by atoms with E-state index in [0.717, 1.165) is 39.2 Å². The molecule has 1 amide bonds. The van der Waals surface area contributed by atoms with E-state index in [4.69, 9.17) is 16.6 Å². The number of benzodiazepines with no additional fused rings is 1. The molecule has 0 bridgehead atoms. The first-order valence-electron chi connectivity index (χ1n) is 12.1. The lowest BCUT2D eigenvalue weighted by Crippen LogP contribution is -2.27. The lowest BCUT2D eigenvalue weighted by atomic mass is 9.83. The van der Waals surface area contributed by atoms with E-state index < -0.39 is 0 Å². The number of halogens is 1. The van der Waals surface area contributed by atoms with E-state index in [1.807, 2.05) is 18.2 Å². The highest BCUT2D eigenvalue weighted by Crippen LogP contribution is 2.40. The summed E-state index contributed by atoms with van der Waals surface area (Å²) in [7, 11) is 1.80. The molecule has 0 spiro atoms. The van der Waals surface area contributed by atoms with Crippen LogP contribution in [-0.4, -0.2) is 25.2 Å². The number of amides is 1. The highest BCUT2D eigenvalue weighted by Gasteiger charge is 2.27. The smallest absolute Gasteiger partial charge is 0.248 e. The molecule has 36 heavy (non-hydrogen) atoms. The number of fused-ring (bicyclic) bond motifs is 1. The molecular formula is C32H29ClN2O. The molecule has 1 aliphatic rings. The van der Waals surface area contributed by atoms with E-state index in [0.29, 0.717) is 5.02 Å². The molecule has 3 nitrogen and oxygen atoms in total. The van der Waals surface area contributed by atoms with Gasteiger partial charge in [0.05, 0.1) is 11.4 Å². The maximum atomic E-state index is 12.9. The molecule has 4 aromatic carbocycles. The largest absolute Gasteiger partial charge is 0.313 e. The minimum atomic E-state index is -0.0499. The number of carbonyl (C=O) groups is 1. The average molecular weight is 493 g/mol. The summed E-state index contributed by atoms with van der Waals surface area (Å²) in [6, 6.07) is 25.1. The molecule has 1 heterocycles. The standard InChI is InChI=1S/C32H29ClN2O/c1-19-14-20(2)16-23(15-19)25-10-7-11-26(30-21(3)8-6-9-22(30)4)31(25)32-27-17-24(33)12-13-28(27)35(5)29(36)18-34-32/h6-17H,18H2,1-5H3. The first-order chi connectivity index (χ1) is 17.2. The number of rotatable bonds is 3. The molecule has 0 unspecified atom stereocenters. The zero-order valence-corrected chi connectivity index (χ0v) is 22.1. The van der Waals surface area contributed by atoms with Gasteiger partial charge in [-0.1, -0.05) is 77.3 Å². The van der Waals surface area contributed by atoms with Crippen molar-refractivity contribution < 1.29 is 4.79 Å². The predicted octanol–water partition coefficient (Wildman–Crippen LogP) is 7.72. The molecular weight excluding hydrogens is 464 g/mol. The van der Waals surface area contributed by atoms with Gasteiger partial charge in [-0.3, -0.25) is 9.79 Å². The Labute approximate surface area is 218 Å². The van der Waals surface area contributed by atoms with Crippen molar-refractivity contribution in [3.63, 3.8) is 0 Å². The van der Waals surface area contributed by atoms with Gasteiger partial charge in [-0.2, -0.15) is 0 Å². The average Bonchev–Trinajstić information content (AvgIpc) is 2.94. The van der Waals surface area contributed by atoms with E-state index in [1.54, 1.807) is 11.9 Å². The predicted molar refractivity (Wildman–Crippen MR) is 152 cm³/mol. The van der Waals surface area contributed by atoms with E-state index in [9.17, 15) is 4.79 Å². The summed E-state index contributed by atoms with van der Waals surface area (Å²) in [5.41, 5.74) is 12.8. The lowest BCUT2D eigenvalue weighted by molar-refractivity contribution is -0.116. The molecule has 5 rings (SSSR count). The van der Waals surface area contributed by atoms with Crippen LogP contribution in [0.4, 0.5) is 5.69 Å². The highest BCUT2D eigenvalue weighted by atomic mass is 35.5. The van der Waals surface area contributed by atoms with Crippen LogP contribution >= 0.6 is 11.6 Å². The zero-order chi connectivity index (χ0) is 25.6. The van der Waals surface area contributed by atoms with Crippen molar-refractivity contribution in [2.75, 3.05) is 18.5 Å². The van der Waals surface area contributed by atoms with Crippen LogP contribution in [0.15, 0.2) is 77.8 Å². The maximum absolute atomic E-state index is 12.9. The van der Waals surface area contributed by atoms with Crippen molar-refractivity contribution in [3.05, 3.63) is 111 Å². The fourth-order valence-corrected chi connectivity index (χ4v) is 5.47. The van der Waals surface area contributed by atoms with Crippen LogP contribution in [0.2, 0.25) is 5.02 Å². The van der Waals surface area contributed by atoms with E-state index in [1.165, 1.54) is 27.8 Å². The van der Waals surface area contributed by atoms with Gasteiger partial charge in [0.15, 0.2) is 0 Å². The third kappa shape index (κ3) is 4.25. The Morgan fingerprint density at radius 2 is 1.39 bits per heavy atom. The Morgan fingerprint density at radius 1 is 0.750 bits per heavy atom. The second-order valence-corrected chi connectivity index (χ2v) is 10.1. The second kappa shape index (κ2) is 9.40. The fraction of sp³-hybridized carbons (Fsp3) is 0.188. The van der Waals surface area contributed by atoms with Crippen molar-refractivity contribution in [1.29, 1.82) is 0 Å². The zero-order valence-electron chi connectivity index (χ0n) is 21.3. The molecule has 0 aromatic heterocycles. The van der Waals surface area contributed by atoms with E-state index in [-0.39, 0.29) is 12.5 Å². The number of likely N-dealkylation sites (N-methyl/N-ethyl adjacent to an activating group) is 1. The molecule has 4 aromatic rings. The Kier molecular flexibility index (Phi) is 6.27. The highest BCUT2D eigenvalue weighted by molar-refractivity contribution is 6.32. The molecule has 180 valence electrons. The Morgan fingerprint density at radius 3 is 2.08 bits per heavy atom. The van der Waals surface area contributed by atoms with Gasteiger partial charge in [0.25, 0.3) is 0 Å². The summed E-state index contributed by atoms with van der Waals surface area (Å²) in [6.45, 7) is 8.61. The van der Waals surface area contributed by atoms with Gasteiger partial charge >= 0.3 is 0 Å². The summed E-state index contributed by atoms with van der Waals surface area (Å²) in [6.07, 6.45) is 0. The second-order valence-electron chi connectivity index (χ2n) is 9.65. The monoisotopic (exact) mass is 492 g/mol. The first-order valence-corrected chi connectivity index (χ1v) is 12.5. The Hall–Kier alpha value is -3.69. The van der Waals surface area contributed by atoms with Crippen molar-refractivity contribution in [2.45, 2.75) is 27.7 Å². The molecule has 4 heteroatoms.